The van der Waals surface area contributed by atoms with Crippen LogP contribution in [-0.4, -0.2) is 22.6 Å². The molecule has 3 rings (SSSR count). The average Bonchev–Trinajstić information content (AvgIpc) is 2.66. The number of carboxylic acids is 1. The lowest BCUT2D eigenvalue weighted by Crippen LogP contribution is -2.24. The van der Waals surface area contributed by atoms with Crippen molar-refractivity contribution in [2.75, 3.05) is 0 Å². The Labute approximate surface area is 173 Å². The fourth-order valence-corrected chi connectivity index (χ4v) is 3.07. The van der Waals surface area contributed by atoms with Crippen LogP contribution in [0.1, 0.15) is 36.9 Å². The molecule has 2 aromatic carbocycles. The summed E-state index contributed by atoms with van der Waals surface area (Å²) in [7, 11) is 0. The molecular formula is C24H22O6. The Balaban J connectivity index is 1.92. The molecule has 0 saturated heterocycles. The molecule has 1 heterocycles. The van der Waals surface area contributed by atoms with Crippen molar-refractivity contribution >= 4 is 11.9 Å². The van der Waals surface area contributed by atoms with E-state index in [4.69, 9.17) is 14.3 Å². The molecule has 30 heavy (non-hydrogen) atoms. The van der Waals surface area contributed by atoms with Gasteiger partial charge in [-0.2, -0.15) is 0 Å². The van der Waals surface area contributed by atoms with E-state index in [1.807, 2.05) is 69.3 Å². The molecule has 154 valence electrons. The number of esters is 1. The van der Waals surface area contributed by atoms with Crippen molar-refractivity contribution in [3.05, 3.63) is 82.4 Å². The van der Waals surface area contributed by atoms with Crippen LogP contribution in [0.4, 0.5) is 0 Å². The number of carboxylic acid groups (broad SMARTS) is 1. The number of rotatable bonds is 5. The minimum atomic E-state index is -1.31. The van der Waals surface area contributed by atoms with Crippen LogP contribution in [0.3, 0.4) is 0 Å². The summed E-state index contributed by atoms with van der Waals surface area (Å²) in [6.07, 6.45) is 0.168. The van der Waals surface area contributed by atoms with Crippen LogP contribution < -0.4 is 5.63 Å². The van der Waals surface area contributed by atoms with Crippen LogP contribution >= 0.6 is 0 Å². The summed E-state index contributed by atoms with van der Waals surface area (Å²) in [4.78, 5) is 35.1. The summed E-state index contributed by atoms with van der Waals surface area (Å²) in [5, 5.41) is 9.17. The highest BCUT2D eigenvalue weighted by atomic mass is 16.6. The van der Waals surface area contributed by atoms with Crippen molar-refractivity contribution in [3.8, 4) is 22.3 Å². The van der Waals surface area contributed by atoms with Crippen molar-refractivity contribution in [1.82, 2.24) is 0 Å². The molecule has 1 aromatic heterocycles. The van der Waals surface area contributed by atoms with Gasteiger partial charge in [-0.15, -0.1) is 0 Å². The maximum Gasteiger partial charge on any atom is 0.371 e. The van der Waals surface area contributed by atoms with Crippen LogP contribution in [-0.2, 0) is 16.0 Å². The Kier molecular flexibility index (Phi) is 5.87. The van der Waals surface area contributed by atoms with Crippen molar-refractivity contribution in [2.45, 2.75) is 32.8 Å². The molecule has 0 bridgehead atoms. The highest BCUT2D eigenvalue weighted by molar-refractivity contribution is 5.88. The van der Waals surface area contributed by atoms with Gasteiger partial charge in [0.25, 0.3) is 0 Å². The Bertz CT molecular complexity index is 1130. The molecule has 0 radical (unpaired) electrons. The Morgan fingerprint density at radius 3 is 2.10 bits per heavy atom. The maximum atomic E-state index is 12.0. The molecule has 0 fully saturated rings. The Morgan fingerprint density at radius 1 is 0.933 bits per heavy atom. The van der Waals surface area contributed by atoms with E-state index in [0.717, 1.165) is 16.7 Å². The van der Waals surface area contributed by atoms with Gasteiger partial charge < -0.3 is 14.3 Å². The van der Waals surface area contributed by atoms with Crippen molar-refractivity contribution in [3.63, 3.8) is 0 Å². The number of ether oxygens (including phenoxy) is 1. The third-order valence-corrected chi connectivity index (χ3v) is 4.25. The van der Waals surface area contributed by atoms with Gasteiger partial charge in [-0.3, -0.25) is 4.79 Å². The third-order valence-electron chi connectivity index (χ3n) is 4.25. The first-order valence-corrected chi connectivity index (χ1v) is 9.41. The van der Waals surface area contributed by atoms with E-state index in [1.54, 1.807) is 0 Å². The number of carbonyl (C=O) groups excluding carboxylic acids is 1. The maximum absolute atomic E-state index is 12.0. The fraction of sp³-hybridized carbons (Fsp3) is 0.208. The van der Waals surface area contributed by atoms with E-state index in [9.17, 15) is 14.4 Å². The lowest BCUT2D eigenvalue weighted by molar-refractivity contribution is -0.153. The first kappa shape index (κ1) is 21.0. The van der Waals surface area contributed by atoms with Gasteiger partial charge in [0.2, 0.25) is 5.76 Å². The highest BCUT2D eigenvalue weighted by Crippen LogP contribution is 2.32. The number of hydrogen-bond acceptors (Lipinski definition) is 5. The molecule has 0 saturated carbocycles. The second kappa shape index (κ2) is 8.37. The molecular weight excluding hydrogens is 384 g/mol. The van der Waals surface area contributed by atoms with Crippen molar-refractivity contribution < 1.29 is 23.8 Å². The Hall–Kier alpha value is -3.67. The minimum Gasteiger partial charge on any atom is -0.475 e. The van der Waals surface area contributed by atoms with E-state index in [-0.39, 0.29) is 12.4 Å². The molecule has 6 heteroatoms. The van der Waals surface area contributed by atoms with Gasteiger partial charge >= 0.3 is 17.6 Å². The molecule has 0 aliphatic heterocycles. The smallest absolute Gasteiger partial charge is 0.371 e. The first-order valence-electron chi connectivity index (χ1n) is 9.41. The van der Waals surface area contributed by atoms with E-state index in [1.165, 1.54) is 12.1 Å². The predicted octanol–water partition coefficient (Wildman–Crippen LogP) is 4.56. The molecule has 0 spiro atoms. The number of benzene rings is 2. The van der Waals surface area contributed by atoms with Gasteiger partial charge in [0.15, 0.2) is 0 Å². The summed E-state index contributed by atoms with van der Waals surface area (Å²) >= 11 is 0. The number of aromatic carboxylic acids is 1. The monoisotopic (exact) mass is 406 g/mol. The lowest BCUT2D eigenvalue weighted by Gasteiger charge is -2.19. The second-order valence-electron chi connectivity index (χ2n) is 7.84. The van der Waals surface area contributed by atoms with Gasteiger partial charge in [0, 0.05) is 6.07 Å². The van der Waals surface area contributed by atoms with Crippen LogP contribution in [0.5, 0.6) is 0 Å². The quantitative estimate of drug-likeness (QED) is 0.625. The van der Waals surface area contributed by atoms with Crippen LogP contribution in [0, 0.1) is 0 Å². The molecule has 6 nitrogen and oxygen atoms in total. The van der Waals surface area contributed by atoms with Gasteiger partial charge in [0.1, 0.15) is 5.60 Å². The van der Waals surface area contributed by atoms with Gasteiger partial charge in [0.05, 0.1) is 6.42 Å². The van der Waals surface area contributed by atoms with Gasteiger partial charge in [-0.1, -0.05) is 48.5 Å². The third kappa shape index (κ3) is 5.23. The molecule has 1 N–H and O–H groups in total. The average molecular weight is 406 g/mol. The van der Waals surface area contributed by atoms with Crippen LogP contribution in [0.2, 0.25) is 0 Å². The second-order valence-corrected chi connectivity index (χ2v) is 7.84. The van der Waals surface area contributed by atoms with Crippen LogP contribution in [0.15, 0.2) is 69.9 Å². The van der Waals surface area contributed by atoms with Gasteiger partial charge in [-0.05, 0) is 54.7 Å². The van der Waals surface area contributed by atoms with Crippen LogP contribution in [0.25, 0.3) is 22.3 Å². The standard InChI is InChI=1S/C24H22O6/c1-24(2,3)30-22(26)12-15-8-10-16(11-9-15)18-6-4-5-7-19(18)17-13-20(23(27)28)29-21(25)14-17/h4-11,13-14H,12H2,1-3H3,(H,27,28). The molecule has 0 aliphatic rings. The normalized spacial score (nSPS) is 11.2. The molecule has 3 aromatic rings. The zero-order valence-electron chi connectivity index (χ0n) is 17.0. The summed E-state index contributed by atoms with van der Waals surface area (Å²) < 4.78 is 10.1. The predicted molar refractivity (Wildman–Crippen MR) is 112 cm³/mol. The van der Waals surface area contributed by atoms with E-state index < -0.39 is 23.0 Å². The highest BCUT2D eigenvalue weighted by Gasteiger charge is 2.17. The summed E-state index contributed by atoms with van der Waals surface area (Å²) in [5.41, 5.74) is 2.40. The fourth-order valence-electron chi connectivity index (χ4n) is 3.07. The van der Waals surface area contributed by atoms with E-state index in [2.05, 4.69) is 0 Å². The zero-order chi connectivity index (χ0) is 21.9. The topological polar surface area (TPSA) is 93.8 Å². The van der Waals surface area contributed by atoms with E-state index in [0.29, 0.717) is 11.1 Å². The largest absolute Gasteiger partial charge is 0.475 e. The van der Waals surface area contributed by atoms with E-state index >= 15 is 0 Å². The lowest BCUT2D eigenvalue weighted by atomic mass is 9.94. The summed E-state index contributed by atoms with van der Waals surface area (Å²) in [5.74, 6) is -2.02. The molecule has 0 unspecified atom stereocenters. The molecule has 0 aliphatic carbocycles. The zero-order valence-corrected chi connectivity index (χ0v) is 17.0. The first-order chi connectivity index (χ1) is 14.1. The SMILES string of the molecule is CC(C)(C)OC(=O)Cc1ccc(-c2ccccc2-c2cc(C(=O)O)oc(=O)c2)cc1. The van der Waals surface area contributed by atoms with Gasteiger partial charge in [-0.25, -0.2) is 9.59 Å². The molecule has 0 atom stereocenters. The molecule has 0 amide bonds. The van der Waals surface area contributed by atoms with Crippen molar-refractivity contribution in [1.29, 1.82) is 0 Å². The minimum absolute atomic E-state index is 0.168. The van der Waals surface area contributed by atoms with Crippen molar-refractivity contribution in [2.24, 2.45) is 0 Å². The summed E-state index contributed by atoms with van der Waals surface area (Å²) in [6, 6.07) is 17.4. The number of hydrogen-bond donors (Lipinski definition) is 1. The number of carbonyl (C=O) groups is 2. The summed E-state index contributed by atoms with van der Waals surface area (Å²) in [6.45, 7) is 5.47. The Morgan fingerprint density at radius 2 is 1.53 bits per heavy atom.